The third kappa shape index (κ3) is 4.05. The molecule has 0 aliphatic heterocycles. The summed E-state index contributed by atoms with van der Waals surface area (Å²) in [5.41, 5.74) is 1.07. The second kappa shape index (κ2) is 7.41. The maximum absolute atomic E-state index is 6.17. The van der Waals surface area contributed by atoms with Crippen molar-refractivity contribution in [2.24, 2.45) is 0 Å². The molecule has 2 aromatic rings. The number of aromatic nitrogens is 2. The summed E-state index contributed by atoms with van der Waals surface area (Å²) in [7, 11) is 0. The van der Waals surface area contributed by atoms with E-state index in [0.29, 0.717) is 12.4 Å². The fourth-order valence-corrected chi connectivity index (χ4v) is 2.27. The van der Waals surface area contributed by atoms with Crippen LogP contribution in [0.15, 0.2) is 28.8 Å². The van der Waals surface area contributed by atoms with Crippen molar-refractivity contribution in [1.82, 2.24) is 15.5 Å². The van der Waals surface area contributed by atoms with Crippen LogP contribution < -0.4 is 5.32 Å². The van der Waals surface area contributed by atoms with E-state index >= 15 is 0 Å². The van der Waals surface area contributed by atoms with Crippen LogP contribution in [0, 0.1) is 0 Å². The topological polar surface area (TPSA) is 51.0 Å². The first-order valence-electron chi connectivity index (χ1n) is 7.00. The van der Waals surface area contributed by atoms with Crippen molar-refractivity contribution in [2.45, 2.75) is 45.7 Å². The minimum Gasteiger partial charge on any atom is -0.338 e. The number of halogens is 1. The number of benzene rings is 1. The maximum Gasteiger partial charge on any atom is 0.240 e. The molecule has 0 fully saturated rings. The van der Waals surface area contributed by atoms with Crippen LogP contribution in [-0.4, -0.2) is 10.1 Å². The zero-order valence-corrected chi connectivity index (χ0v) is 12.7. The van der Waals surface area contributed by atoms with Gasteiger partial charge in [-0.25, -0.2) is 0 Å². The van der Waals surface area contributed by atoms with E-state index in [1.54, 1.807) is 0 Å². The van der Waals surface area contributed by atoms with Crippen LogP contribution in [0.3, 0.4) is 0 Å². The van der Waals surface area contributed by atoms with Gasteiger partial charge >= 0.3 is 0 Å². The normalized spacial score (nSPS) is 12.6. The average molecular weight is 294 g/mol. The highest BCUT2D eigenvalue weighted by atomic mass is 35.5. The minimum absolute atomic E-state index is 0.134. The highest BCUT2D eigenvalue weighted by molar-refractivity contribution is 6.31. The number of nitrogens with zero attached hydrogens (tertiary/aromatic N) is 2. The molecule has 0 aliphatic carbocycles. The Labute approximate surface area is 124 Å². The fraction of sp³-hybridized carbons (Fsp3) is 0.467. The van der Waals surface area contributed by atoms with Crippen molar-refractivity contribution < 1.29 is 4.52 Å². The zero-order valence-electron chi connectivity index (χ0n) is 11.9. The molecule has 2 rings (SSSR count). The number of nitrogens with one attached hydrogen (secondary N) is 1. The van der Waals surface area contributed by atoms with Crippen LogP contribution in [0.1, 0.15) is 50.0 Å². The number of rotatable bonds is 7. The van der Waals surface area contributed by atoms with E-state index in [-0.39, 0.29) is 6.04 Å². The number of hydrogen-bond donors (Lipinski definition) is 1. The Hall–Kier alpha value is -1.39. The first-order valence-corrected chi connectivity index (χ1v) is 7.37. The van der Waals surface area contributed by atoms with E-state index in [2.05, 4.69) is 29.3 Å². The standard InChI is InChI=1S/C15H20ClN3O/c1-3-4-9-14-18-15(20-19-14)10-17-11(2)12-7-5-6-8-13(12)16/h5-8,11,17H,3-4,9-10H2,1-2H3. The SMILES string of the molecule is CCCCc1noc(CNC(C)c2ccccc2Cl)n1. The van der Waals surface area contributed by atoms with Gasteiger partial charge in [0.1, 0.15) is 0 Å². The van der Waals surface area contributed by atoms with Gasteiger partial charge in [-0.2, -0.15) is 4.98 Å². The summed E-state index contributed by atoms with van der Waals surface area (Å²) < 4.78 is 5.22. The van der Waals surface area contributed by atoms with Crippen molar-refractivity contribution in [3.05, 3.63) is 46.6 Å². The molecule has 1 N–H and O–H groups in total. The molecule has 0 amide bonds. The first kappa shape index (κ1) is 15.0. The van der Waals surface area contributed by atoms with E-state index in [1.165, 1.54) is 0 Å². The molecule has 1 unspecified atom stereocenters. The van der Waals surface area contributed by atoms with E-state index in [0.717, 1.165) is 35.7 Å². The molecule has 1 aromatic carbocycles. The number of unbranched alkanes of at least 4 members (excludes halogenated alkanes) is 1. The molecule has 0 bridgehead atoms. The van der Waals surface area contributed by atoms with E-state index in [4.69, 9.17) is 16.1 Å². The molecule has 0 spiro atoms. The Balaban J connectivity index is 1.88. The first-order chi connectivity index (χ1) is 9.70. The monoisotopic (exact) mass is 293 g/mol. The van der Waals surface area contributed by atoms with E-state index < -0.39 is 0 Å². The quantitative estimate of drug-likeness (QED) is 0.841. The van der Waals surface area contributed by atoms with Crippen molar-refractivity contribution in [3.63, 3.8) is 0 Å². The number of hydrogen-bond acceptors (Lipinski definition) is 4. The van der Waals surface area contributed by atoms with Crippen LogP contribution in [0.4, 0.5) is 0 Å². The Morgan fingerprint density at radius 1 is 1.35 bits per heavy atom. The summed E-state index contributed by atoms with van der Waals surface area (Å²) in [6.45, 7) is 4.76. The lowest BCUT2D eigenvalue weighted by atomic mass is 10.1. The Morgan fingerprint density at radius 2 is 2.15 bits per heavy atom. The molecule has 108 valence electrons. The second-order valence-electron chi connectivity index (χ2n) is 4.83. The van der Waals surface area contributed by atoms with Crippen molar-refractivity contribution in [1.29, 1.82) is 0 Å². The lowest BCUT2D eigenvalue weighted by Crippen LogP contribution is -2.18. The summed E-state index contributed by atoms with van der Waals surface area (Å²) in [4.78, 5) is 4.36. The van der Waals surface area contributed by atoms with Gasteiger partial charge in [-0.1, -0.05) is 48.3 Å². The van der Waals surface area contributed by atoms with Crippen LogP contribution in [0.5, 0.6) is 0 Å². The Kier molecular flexibility index (Phi) is 5.56. The van der Waals surface area contributed by atoms with Crippen molar-refractivity contribution in [3.8, 4) is 0 Å². The molecule has 20 heavy (non-hydrogen) atoms. The molecular formula is C15H20ClN3O. The lowest BCUT2D eigenvalue weighted by Gasteiger charge is -2.13. The smallest absolute Gasteiger partial charge is 0.240 e. The molecular weight excluding hydrogens is 274 g/mol. The van der Waals surface area contributed by atoms with Crippen LogP contribution in [0.2, 0.25) is 5.02 Å². The van der Waals surface area contributed by atoms with Gasteiger partial charge in [0.15, 0.2) is 5.82 Å². The molecule has 0 radical (unpaired) electrons. The molecule has 0 saturated heterocycles. The van der Waals surface area contributed by atoms with Crippen LogP contribution in [0.25, 0.3) is 0 Å². The van der Waals surface area contributed by atoms with Gasteiger partial charge in [0.25, 0.3) is 0 Å². The predicted octanol–water partition coefficient (Wildman–Crippen LogP) is 3.92. The Bertz CT molecular complexity index is 541. The van der Waals surface area contributed by atoms with Gasteiger partial charge in [-0.3, -0.25) is 0 Å². The second-order valence-corrected chi connectivity index (χ2v) is 5.24. The number of aryl methyl sites for hydroxylation is 1. The lowest BCUT2D eigenvalue weighted by molar-refractivity contribution is 0.356. The van der Waals surface area contributed by atoms with Crippen LogP contribution >= 0.6 is 11.6 Å². The Morgan fingerprint density at radius 3 is 2.90 bits per heavy atom. The van der Waals surface area contributed by atoms with Gasteiger partial charge in [0.2, 0.25) is 5.89 Å². The molecule has 0 saturated carbocycles. The van der Waals surface area contributed by atoms with Gasteiger partial charge in [0, 0.05) is 17.5 Å². The van der Waals surface area contributed by atoms with Crippen LogP contribution in [-0.2, 0) is 13.0 Å². The summed E-state index contributed by atoms with van der Waals surface area (Å²) in [5.74, 6) is 1.41. The maximum atomic E-state index is 6.17. The molecule has 1 heterocycles. The third-order valence-corrected chi connectivity index (χ3v) is 3.54. The molecule has 1 atom stereocenters. The summed E-state index contributed by atoms with van der Waals surface area (Å²) in [6.07, 6.45) is 3.09. The van der Waals surface area contributed by atoms with E-state index in [1.807, 2.05) is 24.3 Å². The van der Waals surface area contributed by atoms with E-state index in [9.17, 15) is 0 Å². The summed E-state index contributed by atoms with van der Waals surface area (Å²) in [5, 5.41) is 8.08. The predicted molar refractivity (Wildman–Crippen MR) is 79.6 cm³/mol. The highest BCUT2D eigenvalue weighted by Crippen LogP contribution is 2.22. The molecule has 1 aromatic heterocycles. The molecule has 0 aliphatic rings. The minimum atomic E-state index is 0.134. The zero-order chi connectivity index (χ0) is 14.4. The van der Waals surface area contributed by atoms with Crippen molar-refractivity contribution >= 4 is 11.6 Å². The van der Waals surface area contributed by atoms with Gasteiger partial charge in [-0.15, -0.1) is 0 Å². The summed E-state index contributed by atoms with van der Waals surface area (Å²) >= 11 is 6.17. The molecule has 5 heteroatoms. The van der Waals surface area contributed by atoms with Gasteiger partial charge in [-0.05, 0) is 25.0 Å². The average Bonchev–Trinajstić information content (AvgIpc) is 2.91. The van der Waals surface area contributed by atoms with Crippen molar-refractivity contribution in [2.75, 3.05) is 0 Å². The van der Waals surface area contributed by atoms with Gasteiger partial charge in [0.05, 0.1) is 6.54 Å². The third-order valence-electron chi connectivity index (χ3n) is 3.20. The fourth-order valence-electron chi connectivity index (χ4n) is 1.98. The van der Waals surface area contributed by atoms with Gasteiger partial charge < -0.3 is 9.84 Å². The summed E-state index contributed by atoms with van der Waals surface area (Å²) in [6, 6.07) is 7.95. The highest BCUT2D eigenvalue weighted by Gasteiger charge is 2.11. The largest absolute Gasteiger partial charge is 0.338 e. The molecule has 4 nitrogen and oxygen atoms in total.